The summed E-state index contributed by atoms with van der Waals surface area (Å²) in [7, 11) is 1.58. The zero-order valence-corrected chi connectivity index (χ0v) is 23.6. The lowest BCUT2D eigenvalue weighted by Gasteiger charge is -2.37. The van der Waals surface area contributed by atoms with Crippen LogP contribution < -0.4 is 9.47 Å². The van der Waals surface area contributed by atoms with Gasteiger partial charge in [0.1, 0.15) is 6.04 Å². The summed E-state index contributed by atoms with van der Waals surface area (Å²) in [4.78, 5) is 28.0. The number of allylic oxidation sites excluding steroid dienone is 3. The minimum atomic E-state index is -1.05. The van der Waals surface area contributed by atoms with E-state index >= 15 is 0 Å². The molecule has 2 atom stereocenters. The fraction of sp³-hybridized carbons (Fsp3) is 0.455. The van der Waals surface area contributed by atoms with Gasteiger partial charge in [0.05, 0.1) is 13.7 Å². The largest absolute Gasteiger partial charge is 0.493 e. The van der Waals surface area contributed by atoms with E-state index < -0.39 is 18.1 Å². The number of nitrogens with zero attached hydrogens (tertiary/aromatic N) is 1. The molecular weight excluding hydrogens is 506 g/mol. The lowest BCUT2D eigenvalue weighted by molar-refractivity contribution is -0.158. The Morgan fingerprint density at radius 1 is 1.07 bits per heavy atom. The van der Waals surface area contributed by atoms with Gasteiger partial charge in [-0.15, -0.1) is 0 Å². The number of aliphatic carboxylic acids is 1. The first-order valence-electron chi connectivity index (χ1n) is 14.4. The third kappa shape index (κ3) is 7.33. The third-order valence-electron chi connectivity index (χ3n) is 7.60. The molecule has 7 nitrogen and oxygen atoms in total. The van der Waals surface area contributed by atoms with Gasteiger partial charge in [-0.25, -0.2) is 4.79 Å². The van der Waals surface area contributed by atoms with Crippen LogP contribution in [0.3, 0.4) is 0 Å². The molecule has 4 rings (SSSR count). The molecular formula is C33H41NO6. The van der Waals surface area contributed by atoms with Crippen molar-refractivity contribution in [2.45, 2.75) is 77.0 Å². The van der Waals surface area contributed by atoms with Crippen molar-refractivity contribution >= 4 is 11.9 Å². The van der Waals surface area contributed by atoms with Crippen LogP contribution in [0.1, 0.15) is 74.7 Å². The Morgan fingerprint density at radius 2 is 1.90 bits per heavy atom. The molecule has 0 aromatic heterocycles. The van der Waals surface area contributed by atoms with Gasteiger partial charge in [-0.2, -0.15) is 0 Å². The molecule has 0 bridgehead atoms. The molecule has 1 amide bonds. The average Bonchev–Trinajstić information content (AvgIpc) is 2.99. The second-order valence-corrected chi connectivity index (χ2v) is 10.4. The van der Waals surface area contributed by atoms with Crippen molar-refractivity contribution in [2.24, 2.45) is 0 Å². The van der Waals surface area contributed by atoms with E-state index in [1.54, 1.807) is 7.11 Å². The van der Waals surface area contributed by atoms with Crippen molar-refractivity contribution in [3.8, 4) is 11.5 Å². The average molecular weight is 548 g/mol. The Labute approximate surface area is 237 Å². The number of carboxylic acid groups (broad SMARTS) is 1. The molecule has 2 aromatic rings. The van der Waals surface area contributed by atoms with Crippen LogP contribution in [0.5, 0.6) is 11.5 Å². The second-order valence-electron chi connectivity index (χ2n) is 10.4. The summed E-state index contributed by atoms with van der Waals surface area (Å²) in [6.07, 6.45) is 12.6. The fourth-order valence-corrected chi connectivity index (χ4v) is 5.35. The van der Waals surface area contributed by atoms with Gasteiger partial charge in [-0.3, -0.25) is 4.79 Å². The molecule has 40 heavy (non-hydrogen) atoms. The lowest BCUT2D eigenvalue weighted by Crippen LogP contribution is -2.50. The quantitative estimate of drug-likeness (QED) is 0.275. The molecule has 0 saturated carbocycles. The number of benzene rings is 2. The van der Waals surface area contributed by atoms with Crippen LogP contribution in [0.25, 0.3) is 0 Å². The van der Waals surface area contributed by atoms with Gasteiger partial charge in [0.2, 0.25) is 0 Å². The summed E-state index contributed by atoms with van der Waals surface area (Å²) >= 11 is 0. The highest BCUT2D eigenvalue weighted by molar-refractivity contribution is 5.88. The first-order valence-corrected chi connectivity index (χ1v) is 14.4. The van der Waals surface area contributed by atoms with Crippen LogP contribution in [-0.4, -0.2) is 48.2 Å². The predicted octanol–water partition coefficient (Wildman–Crippen LogP) is 6.42. The molecule has 0 saturated heterocycles. The zero-order chi connectivity index (χ0) is 28.3. The number of ether oxygens (including phenoxy) is 3. The SMILES string of the molecule is CCCCCCO[C@H](C(=O)N1Cc2ccc(OC)c(OCCC3=CC=CCC3)c2C[C@@H]1C(=O)O)c1ccccc1. The highest BCUT2D eigenvalue weighted by atomic mass is 16.5. The van der Waals surface area contributed by atoms with Crippen LogP contribution >= 0.6 is 0 Å². The van der Waals surface area contributed by atoms with Crippen molar-refractivity contribution in [3.05, 3.63) is 83.0 Å². The lowest BCUT2D eigenvalue weighted by atomic mass is 9.91. The van der Waals surface area contributed by atoms with Gasteiger partial charge in [-0.05, 0) is 36.5 Å². The van der Waals surface area contributed by atoms with Crippen molar-refractivity contribution in [1.29, 1.82) is 0 Å². The first kappa shape index (κ1) is 29.4. The molecule has 7 heteroatoms. The number of carbonyl (C=O) groups excluding carboxylic acids is 1. The van der Waals surface area contributed by atoms with Gasteiger partial charge in [0.15, 0.2) is 17.6 Å². The van der Waals surface area contributed by atoms with Gasteiger partial charge < -0.3 is 24.2 Å². The third-order valence-corrected chi connectivity index (χ3v) is 7.60. The summed E-state index contributed by atoms with van der Waals surface area (Å²) in [6, 6.07) is 12.0. The number of methoxy groups -OCH3 is 1. The number of amides is 1. The highest BCUT2D eigenvalue weighted by Gasteiger charge is 2.40. The molecule has 214 valence electrons. The van der Waals surface area contributed by atoms with Gasteiger partial charge in [0.25, 0.3) is 5.91 Å². The van der Waals surface area contributed by atoms with Crippen molar-refractivity contribution < 1.29 is 28.9 Å². The summed E-state index contributed by atoms with van der Waals surface area (Å²) in [6.45, 7) is 3.21. The Balaban J connectivity index is 1.57. The van der Waals surface area contributed by atoms with E-state index in [0.717, 1.165) is 61.6 Å². The van der Waals surface area contributed by atoms with E-state index in [1.807, 2.05) is 42.5 Å². The van der Waals surface area contributed by atoms with E-state index in [-0.39, 0.29) is 18.9 Å². The van der Waals surface area contributed by atoms with Gasteiger partial charge in [0, 0.05) is 31.6 Å². The molecule has 0 radical (unpaired) electrons. The van der Waals surface area contributed by atoms with Crippen molar-refractivity contribution in [1.82, 2.24) is 4.90 Å². The Morgan fingerprint density at radius 3 is 2.60 bits per heavy atom. The van der Waals surface area contributed by atoms with Crippen LogP contribution in [0.2, 0.25) is 0 Å². The maximum absolute atomic E-state index is 14.0. The topological polar surface area (TPSA) is 85.3 Å². The number of carboxylic acids is 1. The Bertz CT molecular complexity index is 1200. The number of unbranched alkanes of at least 4 members (excludes halogenated alkanes) is 3. The molecule has 1 N–H and O–H groups in total. The molecule has 2 aliphatic rings. The minimum Gasteiger partial charge on any atom is -0.493 e. The molecule has 1 aliphatic carbocycles. The van der Waals surface area contributed by atoms with Gasteiger partial charge >= 0.3 is 5.97 Å². The summed E-state index contributed by atoms with van der Waals surface area (Å²) in [5.41, 5.74) is 3.69. The van der Waals surface area contributed by atoms with Crippen molar-refractivity contribution in [3.63, 3.8) is 0 Å². The van der Waals surface area contributed by atoms with E-state index in [2.05, 4.69) is 25.2 Å². The van der Waals surface area contributed by atoms with Crippen LogP contribution in [0.4, 0.5) is 0 Å². The fourth-order valence-electron chi connectivity index (χ4n) is 5.35. The number of hydrogen-bond donors (Lipinski definition) is 1. The normalized spacial score (nSPS) is 17.1. The molecule has 0 fully saturated rings. The predicted molar refractivity (Wildman–Crippen MR) is 155 cm³/mol. The molecule has 2 aromatic carbocycles. The number of fused-ring (bicyclic) bond motifs is 1. The van der Waals surface area contributed by atoms with E-state index in [1.165, 1.54) is 10.5 Å². The summed E-state index contributed by atoms with van der Waals surface area (Å²) < 4.78 is 18.0. The van der Waals surface area contributed by atoms with Crippen molar-refractivity contribution in [2.75, 3.05) is 20.3 Å². The zero-order valence-electron chi connectivity index (χ0n) is 23.6. The summed E-state index contributed by atoms with van der Waals surface area (Å²) in [5, 5.41) is 10.3. The van der Waals surface area contributed by atoms with Crippen LogP contribution in [0.15, 0.2) is 66.3 Å². The summed E-state index contributed by atoms with van der Waals surface area (Å²) in [5.74, 6) is -0.258. The molecule has 0 unspecified atom stereocenters. The number of carbonyl (C=O) groups is 2. The highest BCUT2D eigenvalue weighted by Crippen LogP contribution is 2.39. The van der Waals surface area contributed by atoms with E-state index in [0.29, 0.717) is 24.7 Å². The maximum atomic E-state index is 14.0. The first-order chi connectivity index (χ1) is 19.5. The smallest absolute Gasteiger partial charge is 0.326 e. The Hall–Kier alpha value is -3.58. The number of hydrogen-bond acceptors (Lipinski definition) is 5. The molecule has 0 spiro atoms. The molecule has 1 aliphatic heterocycles. The second kappa shape index (κ2) is 14.7. The Kier molecular flexibility index (Phi) is 10.8. The van der Waals surface area contributed by atoms with Crippen LogP contribution in [-0.2, 0) is 27.3 Å². The monoisotopic (exact) mass is 547 g/mol. The number of rotatable bonds is 14. The minimum absolute atomic E-state index is 0.131. The van der Waals surface area contributed by atoms with Crippen LogP contribution in [0, 0.1) is 0 Å². The van der Waals surface area contributed by atoms with Gasteiger partial charge in [-0.1, -0.05) is 86.4 Å². The van der Waals surface area contributed by atoms with E-state index in [9.17, 15) is 14.7 Å². The standard InChI is InChI=1S/C33H41NO6/c1-3-4-5-12-20-39-30(25-15-10-7-11-16-25)32(35)34-23-26-17-18-29(38-2)31(27(26)22-28(34)33(36)37)40-21-19-24-13-8-6-9-14-24/h6-8,10-11,13,15-18,28,30H,3-5,9,12,14,19-23H2,1-2H3,(H,36,37)/t28-,30+/m1/s1. The molecule has 1 heterocycles. The van der Waals surface area contributed by atoms with E-state index in [4.69, 9.17) is 14.2 Å². The maximum Gasteiger partial charge on any atom is 0.326 e.